The lowest BCUT2D eigenvalue weighted by Crippen LogP contribution is -2.53. The summed E-state index contributed by atoms with van der Waals surface area (Å²) in [5.41, 5.74) is 4.42. The largest absolute Gasteiger partial charge is 0.496 e. The molecule has 1 aromatic carbocycles. The summed E-state index contributed by atoms with van der Waals surface area (Å²) < 4.78 is 5.72. The molecule has 0 amide bonds. The van der Waals surface area contributed by atoms with E-state index in [0.717, 1.165) is 25.0 Å². The average Bonchev–Trinajstić information content (AvgIpc) is 2.50. The number of aliphatic hydroxyl groups excluding tert-OH is 1. The lowest BCUT2D eigenvalue weighted by Gasteiger charge is -2.56. The van der Waals surface area contributed by atoms with E-state index in [2.05, 4.69) is 46.8 Å². The van der Waals surface area contributed by atoms with Crippen LogP contribution in [-0.4, -0.2) is 18.3 Å². The zero-order valence-electron chi connectivity index (χ0n) is 15.6. The normalized spacial score (nSPS) is 32.3. The first-order chi connectivity index (χ1) is 10.7. The van der Waals surface area contributed by atoms with Crippen LogP contribution in [0.5, 0.6) is 5.75 Å². The number of aliphatic hydroxyl groups is 1. The van der Waals surface area contributed by atoms with Crippen LogP contribution < -0.4 is 4.74 Å². The number of rotatable bonds is 2. The Bertz CT molecular complexity index is 602. The second kappa shape index (κ2) is 5.51. The number of hydrogen-bond acceptors (Lipinski definition) is 2. The standard InChI is InChI=1S/C21H32O2/c1-13(2)15-11-14-7-8-18-20(3,4)19(22)9-10-21(18,5)16(14)12-17(15)23-6/h11-13,18-19,22H,7-10H2,1-6H3/t18?,19-,21+/m0/s1. The van der Waals surface area contributed by atoms with Crippen LogP contribution in [0.3, 0.4) is 0 Å². The Morgan fingerprint density at radius 1 is 1.17 bits per heavy atom. The van der Waals surface area contributed by atoms with Gasteiger partial charge in [-0.25, -0.2) is 0 Å². The van der Waals surface area contributed by atoms with Gasteiger partial charge in [0.1, 0.15) is 5.75 Å². The van der Waals surface area contributed by atoms with E-state index in [-0.39, 0.29) is 16.9 Å². The van der Waals surface area contributed by atoms with E-state index >= 15 is 0 Å². The average molecular weight is 316 g/mol. The van der Waals surface area contributed by atoms with Gasteiger partial charge in [-0.1, -0.05) is 40.7 Å². The fraction of sp³-hybridized carbons (Fsp3) is 0.714. The molecular weight excluding hydrogens is 284 g/mol. The number of hydrogen-bond donors (Lipinski definition) is 1. The Balaban J connectivity index is 2.13. The second-order valence-electron chi connectivity index (χ2n) is 8.79. The molecule has 1 N–H and O–H groups in total. The highest BCUT2D eigenvalue weighted by atomic mass is 16.5. The fourth-order valence-electron chi connectivity index (χ4n) is 5.36. The van der Waals surface area contributed by atoms with Crippen LogP contribution in [0.2, 0.25) is 0 Å². The Hall–Kier alpha value is -1.02. The van der Waals surface area contributed by atoms with Crippen molar-refractivity contribution in [3.63, 3.8) is 0 Å². The van der Waals surface area contributed by atoms with E-state index in [1.54, 1.807) is 7.11 Å². The molecule has 128 valence electrons. The van der Waals surface area contributed by atoms with E-state index < -0.39 is 0 Å². The Morgan fingerprint density at radius 3 is 2.48 bits per heavy atom. The number of ether oxygens (including phenoxy) is 1. The molecule has 0 saturated heterocycles. The van der Waals surface area contributed by atoms with Gasteiger partial charge in [-0.2, -0.15) is 0 Å². The summed E-state index contributed by atoms with van der Waals surface area (Å²) in [4.78, 5) is 0. The Labute approximate surface area is 141 Å². The molecule has 1 fully saturated rings. The molecule has 1 aromatic rings. The van der Waals surface area contributed by atoms with Crippen LogP contribution >= 0.6 is 0 Å². The van der Waals surface area contributed by atoms with Crippen molar-refractivity contribution in [3.8, 4) is 5.75 Å². The molecule has 0 aliphatic heterocycles. The van der Waals surface area contributed by atoms with Crippen LogP contribution in [0.1, 0.15) is 76.5 Å². The molecule has 0 heterocycles. The minimum atomic E-state index is -0.182. The maximum atomic E-state index is 10.5. The third-order valence-electron chi connectivity index (χ3n) is 6.86. The lowest BCUT2D eigenvalue weighted by atomic mass is 9.49. The summed E-state index contributed by atoms with van der Waals surface area (Å²) in [5.74, 6) is 2.04. The maximum Gasteiger partial charge on any atom is 0.122 e. The van der Waals surface area contributed by atoms with Gasteiger partial charge in [0.15, 0.2) is 0 Å². The topological polar surface area (TPSA) is 29.5 Å². The molecule has 3 rings (SSSR count). The van der Waals surface area contributed by atoms with Gasteiger partial charge in [-0.05, 0) is 71.1 Å². The van der Waals surface area contributed by atoms with Gasteiger partial charge in [0.25, 0.3) is 0 Å². The second-order valence-corrected chi connectivity index (χ2v) is 8.79. The van der Waals surface area contributed by atoms with Crippen molar-refractivity contribution in [1.82, 2.24) is 0 Å². The minimum Gasteiger partial charge on any atom is -0.496 e. The van der Waals surface area contributed by atoms with Gasteiger partial charge >= 0.3 is 0 Å². The summed E-state index contributed by atoms with van der Waals surface area (Å²) in [6.45, 7) is 11.4. The van der Waals surface area contributed by atoms with Crippen molar-refractivity contribution in [2.75, 3.05) is 7.11 Å². The highest BCUT2D eigenvalue weighted by molar-refractivity contribution is 5.49. The number of benzene rings is 1. The van der Waals surface area contributed by atoms with Gasteiger partial charge in [0.05, 0.1) is 13.2 Å². The molecule has 2 heteroatoms. The monoisotopic (exact) mass is 316 g/mol. The maximum absolute atomic E-state index is 10.5. The first-order valence-electron chi connectivity index (χ1n) is 9.11. The summed E-state index contributed by atoms with van der Waals surface area (Å²) in [7, 11) is 1.78. The van der Waals surface area contributed by atoms with Crippen LogP contribution in [0, 0.1) is 11.3 Å². The fourth-order valence-corrected chi connectivity index (χ4v) is 5.36. The zero-order chi connectivity index (χ0) is 17.0. The zero-order valence-corrected chi connectivity index (χ0v) is 15.6. The van der Waals surface area contributed by atoms with Crippen molar-refractivity contribution in [1.29, 1.82) is 0 Å². The summed E-state index contributed by atoms with van der Waals surface area (Å²) in [5, 5.41) is 10.5. The van der Waals surface area contributed by atoms with E-state index in [9.17, 15) is 5.11 Å². The molecule has 0 aromatic heterocycles. The molecule has 2 nitrogen and oxygen atoms in total. The van der Waals surface area contributed by atoms with Gasteiger partial charge < -0.3 is 9.84 Å². The van der Waals surface area contributed by atoms with E-state index in [4.69, 9.17) is 4.74 Å². The predicted octanol–water partition coefficient (Wildman–Crippen LogP) is 4.82. The van der Waals surface area contributed by atoms with Crippen molar-refractivity contribution in [2.45, 2.75) is 77.7 Å². The first-order valence-corrected chi connectivity index (χ1v) is 9.11. The number of fused-ring (bicyclic) bond motifs is 3. The van der Waals surface area contributed by atoms with Crippen LogP contribution in [0.4, 0.5) is 0 Å². The van der Waals surface area contributed by atoms with Crippen LogP contribution in [0.25, 0.3) is 0 Å². The highest BCUT2D eigenvalue weighted by Gasteiger charge is 2.53. The molecule has 23 heavy (non-hydrogen) atoms. The van der Waals surface area contributed by atoms with Crippen molar-refractivity contribution in [3.05, 3.63) is 28.8 Å². The quantitative estimate of drug-likeness (QED) is 0.847. The molecule has 0 bridgehead atoms. The van der Waals surface area contributed by atoms with Crippen molar-refractivity contribution in [2.24, 2.45) is 11.3 Å². The molecule has 2 aliphatic carbocycles. The SMILES string of the molecule is COc1cc2c(cc1C(C)C)CCC1C(C)(C)[C@@H](O)CC[C@]21C. The molecule has 0 spiro atoms. The van der Waals surface area contributed by atoms with Crippen LogP contribution in [0.15, 0.2) is 12.1 Å². The molecule has 1 saturated carbocycles. The van der Waals surface area contributed by atoms with Crippen molar-refractivity contribution >= 4 is 0 Å². The predicted molar refractivity (Wildman–Crippen MR) is 95.3 cm³/mol. The Kier molecular flexibility index (Phi) is 4.03. The Morgan fingerprint density at radius 2 is 1.87 bits per heavy atom. The van der Waals surface area contributed by atoms with Gasteiger partial charge in [0.2, 0.25) is 0 Å². The van der Waals surface area contributed by atoms with E-state index in [1.165, 1.54) is 23.1 Å². The van der Waals surface area contributed by atoms with E-state index in [0.29, 0.717) is 11.8 Å². The summed E-state index contributed by atoms with van der Waals surface area (Å²) in [6, 6.07) is 4.70. The molecule has 2 aliphatic rings. The molecule has 1 unspecified atom stereocenters. The third kappa shape index (κ3) is 2.41. The molecule has 0 radical (unpaired) electrons. The van der Waals surface area contributed by atoms with Crippen molar-refractivity contribution < 1.29 is 9.84 Å². The minimum absolute atomic E-state index is 0.0192. The van der Waals surface area contributed by atoms with Gasteiger partial charge in [-0.15, -0.1) is 0 Å². The summed E-state index contributed by atoms with van der Waals surface area (Å²) >= 11 is 0. The first kappa shape index (κ1) is 16.8. The van der Waals surface area contributed by atoms with E-state index in [1.807, 2.05) is 0 Å². The molecule has 3 atom stereocenters. The smallest absolute Gasteiger partial charge is 0.122 e. The van der Waals surface area contributed by atoms with Crippen LogP contribution in [-0.2, 0) is 11.8 Å². The lowest BCUT2D eigenvalue weighted by molar-refractivity contribution is -0.0731. The highest BCUT2D eigenvalue weighted by Crippen LogP contribution is 2.57. The molecular formula is C21H32O2. The third-order valence-corrected chi connectivity index (χ3v) is 6.86. The number of methoxy groups -OCH3 is 1. The van der Waals surface area contributed by atoms with Gasteiger partial charge in [-0.3, -0.25) is 0 Å². The number of aryl methyl sites for hydroxylation is 1. The summed E-state index contributed by atoms with van der Waals surface area (Å²) in [6.07, 6.45) is 4.08. The van der Waals surface area contributed by atoms with Gasteiger partial charge in [0, 0.05) is 0 Å².